The molecule has 0 aliphatic carbocycles. The number of carboxylic acid groups (broad SMARTS) is 1. The minimum atomic E-state index is -1.38. The molecule has 0 spiro atoms. The predicted molar refractivity (Wildman–Crippen MR) is 424 cm³/mol. The minimum absolute atomic E-state index is 0.000961. The molecule has 3 aliphatic heterocycles. The summed E-state index contributed by atoms with van der Waals surface area (Å²) in [6, 6.07) is -5.80. The quantitative estimate of drug-likeness (QED) is 0.0189. The SMILES string of the molecule is CO[C@@H]1[C@@H](NC(C)=O)[C@H](OCCOCCOCCOCC(=O)NCCCC[C@H](NC(=O)[C@H](CCCCNC(=O)COCCOCCOCCO[C@@H]2O[C@H](COC(C)=O)[C@H](OC(C)=O)[C@H](OC(C)=O)[C@H]2NC(C)=O)NC(=O)COCCCCCCCCO[C@@H]2O[C@H](COC(C)=O)[C@H](OC(C)=O)[C@H](OC(C)=O)[C@H]2NC(C)=O)C(=O)O)O[C@H](COC(C)=O)[C@@H]1OC(C)=O. The van der Waals surface area contributed by atoms with Gasteiger partial charge in [-0.25, -0.2) is 4.79 Å². The summed E-state index contributed by atoms with van der Waals surface area (Å²) in [4.78, 5) is 197. The standard InChI is InChI=1S/C79H129N7O39/c1-47(87)82-66-72(104-12)69(118-53(7)93)60(41-115-50(4)90)123-77(66)113-39-37-107-31-29-105-34-36-111-45-64(99)81-26-20-18-24-59(76(102)103)86-75(101)58(85-65(100)46-109-27-21-15-13-14-16-22-28-112-78-67(83-48(2)88)73(121-56(10)96)70(119-54(8)94)61(124-78)42-116-51(5)91)23-17-19-25-80-63(98)44-110-35-33-106-30-32-108-38-40-114-79-68(84-49(3)89)74(122-57(11)97)71(120-55(9)95)62(125-79)43-117-52(6)92/h58-62,66-74,77-79H,13-46H2,1-12H3,(H,80,98)(H,81,99)(H,82,87)(H,83,88)(H,84,89)(H,85,100)(H,86,101)(H,102,103)/t58-,59-,60+,61+,62+,66+,67+,68+,69-,70-,71-,72+,73+,74+,77+,78+,79+/m0/s1. The average Bonchev–Trinajstić information content (AvgIpc) is 0.797. The fraction of sp³-hybridized carbons (Fsp3) is 0.797. The van der Waals surface area contributed by atoms with Gasteiger partial charge in [0, 0.05) is 110 Å². The lowest BCUT2D eigenvalue weighted by atomic mass is 9.96. The number of esters is 8. The van der Waals surface area contributed by atoms with E-state index in [4.69, 9.17) is 104 Å². The van der Waals surface area contributed by atoms with E-state index in [0.717, 1.165) is 47.5 Å². The highest BCUT2D eigenvalue weighted by molar-refractivity contribution is 5.90. The number of ether oxygens (including phenoxy) is 22. The van der Waals surface area contributed by atoms with Crippen LogP contribution in [-0.4, -0.2) is 357 Å². The molecule has 3 heterocycles. The molecule has 3 aliphatic rings. The van der Waals surface area contributed by atoms with Gasteiger partial charge in [0.05, 0.1) is 79.3 Å². The van der Waals surface area contributed by atoms with Crippen molar-refractivity contribution in [2.45, 2.75) is 257 Å². The maximum atomic E-state index is 13.9. The lowest BCUT2D eigenvalue weighted by Crippen LogP contribution is -2.66. The van der Waals surface area contributed by atoms with Crippen LogP contribution in [0.15, 0.2) is 0 Å². The molecular weight excluding hydrogens is 1670 g/mol. The smallest absolute Gasteiger partial charge is 0.326 e. The highest BCUT2D eigenvalue weighted by Crippen LogP contribution is 2.32. The molecule has 17 atom stereocenters. The van der Waals surface area contributed by atoms with E-state index in [1.54, 1.807) is 0 Å². The van der Waals surface area contributed by atoms with Crippen LogP contribution in [-0.2, 0) is 181 Å². The van der Waals surface area contributed by atoms with Crippen LogP contribution in [0.2, 0.25) is 0 Å². The zero-order valence-electron chi connectivity index (χ0n) is 73.3. The summed E-state index contributed by atoms with van der Waals surface area (Å²) < 4.78 is 123. The number of carbonyl (C=O) groups is 16. The second kappa shape index (κ2) is 63.8. The summed E-state index contributed by atoms with van der Waals surface area (Å²) in [6.07, 6.45) is -8.76. The lowest BCUT2D eigenvalue weighted by Gasteiger charge is -2.45. The van der Waals surface area contributed by atoms with Gasteiger partial charge in [0.25, 0.3) is 0 Å². The Kier molecular flexibility index (Phi) is 56.2. The van der Waals surface area contributed by atoms with Crippen LogP contribution in [0.1, 0.15) is 153 Å². The first-order valence-corrected chi connectivity index (χ1v) is 41.4. The van der Waals surface area contributed by atoms with Gasteiger partial charge in [-0.3, -0.25) is 71.9 Å². The number of methoxy groups -OCH3 is 1. The van der Waals surface area contributed by atoms with Crippen LogP contribution in [0.3, 0.4) is 0 Å². The lowest BCUT2D eigenvalue weighted by molar-refractivity contribution is -0.279. The number of carbonyl (C=O) groups excluding carboxylic acids is 15. The Morgan fingerprint density at radius 1 is 0.312 bits per heavy atom. The van der Waals surface area contributed by atoms with Gasteiger partial charge in [-0.1, -0.05) is 25.7 Å². The largest absolute Gasteiger partial charge is 0.480 e. The molecule has 0 aromatic carbocycles. The van der Waals surface area contributed by atoms with Crippen LogP contribution in [0.4, 0.5) is 0 Å². The molecule has 8 N–H and O–H groups in total. The molecule has 0 aromatic heterocycles. The topological polar surface area (TPSA) is 581 Å². The van der Waals surface area contributed by atoms with Crippen molar-refractivity contribution < 1.29 is 186 Å². The van der Waals surface area contributed by atoms with Gasteiger partial charge < -0.3 is 147 Å². The van der Waals surface area contributed by atoms with Crippen molar-refractivity contribution in [3.8, 4) is 0 Å². The van der Waals surface area contributed by atoms with Crippen LogP contribution in [0.25, 0.3) is 0 Å². The number of hydrogen-bond acceptors (Lipinski definition) is 38. The molecule has 3 saturated heterocycles. The average molecular weight is 1800 g/mol. The van der Waals surface area contributed by atoms with Gasteiger partial charge in [-0.05, 0) is 51.4 Å². The molecule has 3 fully saturated rings. The van der Waals surface area contributed by atoms with E-state index in [1.165, 1.54) is 48.7 Å². The van der Waals surface area contributed by atoms with Crippen molar-refractivity contribution in [1.29, 1.82) is 0 Å². The van der Waals surface area contributed by atoms with Gasteiger partial charge >= 0.3 is 53.7 Å². The summed E-state index contributed by atoms with van der Waals surface area (Å²) >= 11 is 0. The summed E-state index contributed by atoms with van der Waals surface area (Å²) in [5, 5.41) is 28.7. The molecule has 0 aromatic rings. The second-order valence-corrected chi connectivity index (χ2v) is 28.8. The highest BCUT2D eigenvalue weighted by Gasteiger charge is 2.54. The molecule has 0 unspecified atom stereocenters. The van der Waals surface area contributed by atoms with Crippen molar-refractivity contribution in [2.24, 2.45) is 0 Å². The zero-order chi connectivity index (χ0) is 92.6. The van der Waals surface area contributed by atoms with Crippen LogP contribution in [0, 0.1) is 0 Å². The summed E-state index contributed by atoms with van der Waals surface area (Å²) in [5.74, 6) is -10.8. The van der Waals surface area contributed by atoms with E-state index in [-0.39, 0.29) is 158 Å². The molecular formula is C79H129N7O39. The third-order valence-corrected chi connectivity index (χ3v) is 18.1. The summed E-state index contributed by atoms with van der Waals surface area (Å²) in [6.45, 7) is 12.2. The first kappa shape index (κ1) is 110. The summed E-state index contributed by atoms with van der Waals surface area (Å²) in [7, 11) is 1.35. The fourth-order valence-electron chi connectivity index (χ4n) is 12.8. The Morgan fingerprint density at radius 2 is 0.616 bits per heavy atom. The monoisotopic (exact) mass is 1800 g/mol. The number of unbranched alkanes of at least 4 members (excludes halogenated alkanes) is 7. The van der Waals surface area contributed by atoms with E-state index in [1.807, 2.05) is 0 Å². The molecule has 3 rings (SSSR count). The number of rotatable bonds is 65. The Bertz CT molecular complexity index is 3320. The first-order chi connectivity index (χ1) is 59.6. The molecule has 0 radical (unpaired) electrons. The van der Waals surface area contributed by atoms with E-state index in [9.17, 15) is 81.8 Å². The van der Waals surface area contributed by atoms with E-state index in [0.29, 0.717) is 38.5 Å². The van der Waals surface area contributed by atoms with Crippen molar-refractivity contribution in [1.82, 2.24) is 37.2 Å². The maximum absolute atomic E-state index is 13.9. The van der Waals surface area contributed by atoms with Gasteiger partial charge in [0.2, 0.25) is 41.4 Å². The molecule has 46 heteroatoms. The maximum Gasteiger partial charge on any atom is 0.326 e. The predicted octanol–water partition coefficient (Wildman–Crippen LogP) is -1.83. The van der Waals surface area contributed by atoms with Gasteiger partial charge in [0.1, 0.15) is 94.3 Å². The van der Waals surface area contributed by atoms with E-state index in [2.05, 4.69) is 37.2 Å². The van der Waals surface area contributed by atoms with Crippen molar-refractivity contribution in [3.63, 3.8) is 0 Å². The number of amides is 7. The third-order valence-electron chi connectivity index (χ3n) is 18.1. The van der Waals surface area contributed by atoms with E-state index >= 15 is 0 Å². The molecule has 0 saturated carbocycles. The number of nitrogens with one attached hydrogen (secondary N) is 7. The Morgan fingerprint density at radius 3 is 0.968 bits per heavy atom. The van der Waals surface area contributed by atoms with Gasteiger partial charge in [-0.15, -0.1) is 0 Å². The van der Waals surface area contributed by atoms with Crippen molar-refractivity contribution in [3.05, 3.63) is 0 Å². The fourth-order valence-corrected chi connectivity index (χ4v) is 12.8. The molecule has 7 amide bonds. The Balaban J connectivity index is 1.46. The normalized spacial score (nSPS) is 22.5. The van der Waals surface area contributed by atoms with Gasteiger partial charge in [-0.2, -0.15) is 0 Å². The molecule has 0 bridgehead atoms. The number of carboxylic acids is 1. The molecule has 714 valence electrons. The van der Waals surface area contributed by atoms with Crippen LogP contribution in [0.5, 0.6) is 0 Å². The Labute approximate surface area is 725 Å². The van der Waals surface area contributed by atoms with Crippen LogP contribution >= 0.6 is 0 Å². The van der Waals surface area contributed by atoms with Gasteiger partial charge in [0.15, 0.2) is 49.4 Å². The third kappa shape index (κ3) is 48.5. The van der Waals surface area contributed by atoms with Crippen molar-refractivity contribution >= 4 is 95.1 Å². The number of hydrogen-bond donors (Lipinski definition) is 8. The van der Waals surface area contributed by atoms with Crippen molar-refractivity contribution in [2.75, 3.05) is 152 Å². The first-order valence-electron chi connectivity index (χ1n) is 41.4. The molecule has 125 heavy (non-hydrogen) atoms. The number of aliphatic carboxylic acids is 1. The van der Waals surface area contributed by atoms with Crippen LogP contribution < -0.4 is 37.2 Å². The summed E-state index contributed by atoms with van der Waals surface area (Å²) in [5.41, 5.74) is 0. The zero-order valence-corrected chi connectivity index (χ0v) is 73.3. The highest BCUT2D eigenvalue weighted by atomic mass is 16.7. The second-order valence-electron chi connectivity index (χ2n) is 28.8. The molecule has 46 nitrogen and oxygen atoms in total. The van der Waals surface area contributed by atoms with E-state index < -0.39 is 212 Å². The minimum Gasteiger partial charge on any atom is -0.480 e. The Hall–Kier alpha value is -9.04.